The topological polar surface area (TPSA) is 21.1 Å². The number of aryl methyl sites for hydroxylation is 1. The van der Waals surface area contributed by atoms with Gasteiger partial charge < -0.3 is 4.90 Å². The Labute approximate surface area is 189 Å². The number of aromatic nitrogens is 2. The summed E-state index contributed by atoms with van der Waals surface area (Å²) >= 11 is 12.6. The fraction of sp³-hybridized carbons (Fsp3) is 0.435. The molecule has 0 bridgehead atoms. The van der Waals surface area contributed by atoms with Crippen molar-refractivity contribution in [1.29, 1.82) is 0 Å². The number of pyridine rings is 1. The van der Waals surface area contributed by atoms with Gasteiger partial charge in [-0.25, -0.2) is 4.98 Å². The van der Waals surface area contributed by atoms with Gasteiger partial charge in [0.15, 0.2) is 0 Å². The molecule has 0 aliphatic carbocycles. The van der Waals surface area contributed by atoms with Gasteiger partial charge in [-0.2, -0.15) is 0 Å². The molecule has 1 aliphatic rings. The molecule has 0 fully saturated rings. The molecule has 1 aromatic carbocycles. The molecule has 0 spiro atoms. The SMILES string of the molecule is CCCC(CCC)N1CCc2cn(-c3ccc(Cl)cc3Cl)c3nc(C)cc1c23.Cl. The van der Waals surface area contributed by atoms with Crippen LogP contribution in [0.4, 0.5) is 5.69 Å². The van der Waals surface area contributed by atoms with Crippen LogP contribution in [0.1, 0.15) is 50.8 Å². The number of hydrogen-bond acceptors (Lipinski definition) is 2. The van der Waals surface area contributed by atoms with Gasteiger partial charge in [-0.05, 0) is 56.0 Å². The third-order valence-corrected chi connectivity index (χ3v) is 6.26. The van der Waals surface area contributed by atoms with E-state index in [9.17, 15) is 0 Å². The highest BCUT2D eigenvalue weighted by atomic mass is 35.5. The third kappa shape index (κ3) is 4.10. The molecule has 0 N–H and O–H groups in total. The maximum atomic E-state index is 6.53. The van der Waals surface area contributed by atoms with E-state index in [-0.39, 0.29) is 12.4 Å². The van der Waals surface area contributed by atoms with Crippen LogP contribution in [0.25, 0.3) is 16.7 Å². The normalized spacial score (nSPS) is 13.2. The second-order valence-electron chi connectivity index (χ2n) is 7.78. The molecular weight excluding hydrogens is 425 g/mol. The van der Waals surface area contributed by atoms with Crippen LogP contribution in [0.3, 0.4) is 0 Å². The Bertz CT molecular complexity index is 1010. The van der Waals surface area contributed by atoms with Crippen molar-refractivity contribution in [3.63, 3.8) is 0 Å². The molecule has 0 amide bonds. The first kappa shape index (κ1) is 22.3. The summed E-state index contributed by atoms with van der Waals surface area (Å²) in [5.74, 6) is 0. The molecule has 0 atom stereocenters. The summed E-state index contributed by atoms with van der Waals surface area (Å²) in [4.78, 5) is 7.54. The zero-order valence-electron chi connectivity index (χ0n) is 17.2. The smallest absolute Gasteiger partial charge is 0.147 e. The van der Waals surface area contributed by atoms with Crippen LogP contribution < -0.4 is 4.90 Å². The van der Waals surface area contributed by atoms with E-state index in [4.69, 9.17) is 28.2 Å². The van der Waals surface area contributed by atoms with Gasteiger partial charge in [-0.15, -0.1) is 12.4 Å². The Morgan fingerprint density at radius 1 is 1.07 bits per heavy atom. The number of hydrogen-bond donors (Lipinski definition) is 0. The molecule has 6 heteroatoms. The lowest BCUT2D eigenvalue weighted by molar-refractivity contribution is 0.502. The quantitative estimate of drug-likeness (QED) is 0.388. The van der Waals surface area contributed by atoms with Crippen molar-refractivity contribution in [2.45, 2.75) is 58.9 Å². The molecule has 2 aromatic heterocycles. The van der Waals surface area contributed by atoms with Crippen LogP contribution in [-0.2, 0) is 6.42 Å². The monoisotopic (exact) mass is 451 g/mol. The number of nitrogens with zero attached hydrogens (tertiary/aromatic N) is 3. The first-order valence-electron chi connectivity index (χ1n) is 10.3. The first-order valence-corrected chi connectivity index (χ1v) is 11.0. The lowest BCUT2D eigenvalue weighted by Gasteiger charge is -2.37. The summed E-state index contributed by atoms with van der Waals surface area (Å²) in [7, 11) is 0. The molecule has 0 radical (unpaired) electrons. The predicted molar refractivity (Wildman–Crippen MR) is 128 cm³/mol. The average Bonchev–Trinajstić information content (AvgIpc) is 3.01. The summed E-state index contributed by atoms with van der Waals surface area (Å²) in [5, 5.41) is 2.57. The van der Waals surface area contributed by atoms with Crippen LogP contribution in [0.15, 0.2) is 30.5 Å². The van der Waals surface area contributed by atoms with Gasteiger partial charge in [-0.1, -0.05) is 49.9 Å². The molecule has 0 saturated carbocycles. The van der Waals surface area contributed by atoms with Gasteiger partial charge in [0.25, 0.3) is 0 Å². The van der Waals surface area contributed by atoms with Crippen molar-refractivity contribution in [3.05, 3.63) is 51.8 Å². The zero-order chi connectivity index (χ0) is 19.8. The Hall–Kier alpha value is -1.42. The molecule has 29 heavy (non-hydrogen) atoms. The van der Waals surface area contributed by atoms with Crippen molar-refractivity contribution < 1.29 is 0 Å². The summed E-state index contributed by atoms with van der Waals surface area (Å²) < 4.78 is 2.14. The Morgan fingerprint density at radius 3 is 2.45 bits per heavy atom. The van der Waals surface area contributed by atoms with E-state index in [1.807, 2.05) is 12.1 Å². The van der Waals surface area contributed by atoms with Crippen LogP contribution >= 0.6 is 35.6 Å². The number of halogens is 3. The second-order valence-corrected chi connectivity index (χ2v) is 8.62. The largest absolute Gasteiger partial charge is 0.368 e. The van der Waals surface area contributed by atoms with E-state index < -0.39 is 0 Å². The van der Waals surface area contributed by atoms with E-state index in [1.54, 1.807) is 6.07 Å². The summed E-state index contributed by atoms with van der Waals surface area (Å²) in [5.41, 5.74) is 5.65. The minimum atomic E-state index is 0. The molecule has 3 heterocycles. The van der Waals surface area contributed by atoms with Gasteiger partial charge in [-0.3, -0.25) is 4.57 Å². The lowest BCUT2D eigenvalue weighted by Crippen LogP contribution is -2.38. The van der Waals surface area contributed by atoms with Gasteiger partial charge in [0, 0.05) is 34.9 Å². The fourth-order valence-electron chi connectivity index (χ4n) is 4.54. The van der Waals surface area contributed by atoms with Crippen LogP contribution in [0, 0.1) is 6.92 Å². The van der Waals surface area contributed by atoms with Crippen LogP contribution in [-0.4, -0.2) is 22.1 Å². The predicted octanol–water partition coefficient (Wildman–Crippen LogP) is 7.39. The van der Waals surface area contributed by atoms with Crippen LogP contribution in [0.5, 0.6) is 0 Å². The van der Waals surface area contributed by atoms with Crippen molar-refractivity contribution >= 4 is 52.3 Å². The van der Waals surface area contributed by atoms with Crippen molar-refractivity contribution in [2.24, 2.45) is 0 Å². The molecular formula is C23H28Cl3N3. The highest BCUT2D eigenvalue weighted by Gasteiger charge is 2.28. The number of benzene rings is 1. The third-order valence-electron chi connectivity index (χ3n) is 5.73. The van der Waals surface area contributed by atoms with Gasteiger partial charge in [0.05, 0.1) is 16.4 Å². The summed E-state index contributed by atoms with van der Waals surface area (Å²) in [6.45, 7) is 7.71. The molecule has 0 saturated heterocycles. The van der Waals surface area contributed by atoms with Crippen LogP contribution in [0.2, 0.25) is 10.0 Å². The molecule has 3 nitrogen and oxygen atoms in total. The van der Waals surface area contributed by atoms with Crippen molar-refractivity contribution in [2.75, 3.05) is 11.4 Å². The standard InChI is InChI=1S/C23H27Cl2N3.ClH/c1-4-6-18(7-5-2)27-11-10-16-14-28(20-9-8-17(24)13-19(20)25)23-22(16)21(27)12-15(3)26-23;/h8-9,12-14,18H,4-7,10-11H2,1-3H3;1H. The number of anilines is 1. The van der Waals surface area contributed by atoms with Crippen molar-refractivity contribution in [3.8, 4) is 5.69 Å². The molecule has 1 aliphatic heterocycles. The minimum Gasteiger partial charge on any atom is -0.368 e. The molecule has 3 aromatic rings. The first-order chi connectivity index (χ1) is 13.5. The number of rotatable bonds is 6. The molecule has 0 unspecified atom stereocenters. The highest BCUT2D eigenvalue weighted by Crippen LogP contribution is 2.39. The maximum Gasteiger partial charge on any atom is 0.147 e. The highest BCUT2D eigenvalue weighted by molar-refractivity contribution is 6.35. The van der Waals surface area contributed by atoms with Gasteiger partial charge in [0.2, 0.25) is 0 Å². The van der Waals surface area contributed by atoms with E-state index >= 15 is 0 Å². The average molecular weight is 453 g/mol. The van der Waals surface area contributed by atoms with Gasteiger partial charge in [0.1, 0.15) is 5.65 Å². The van der Waals surface area contributed by atoms with E-state index in [2.05, 4.69) is 42.5 Å². The van der Waals surface area contributed by atoms with E-state index in [1.165, 1.54) is 42.3 Å². The fourth-order valence-corrected chi connectivity index (χ4v) is 5.04. The molecule has 156 valence electrons. The maximum absolute atomic E-state index is 6.53. The van der Waals surface area contributed by atoms with Crippen molar-refractivity contribution in [1.82, 2.24) is 9.55 Å². The minimum absolute atomic E-state index is 0. The molecule has 4 rings (SSSR count). The van der Waals surface area contributed by atoms with Gasteiger partial charge >= 0.3 is 0 Å². The van der Waals surface area contributed by atoms with E-state index in [0.29, 0.717) is 16.1 Å². The summed E-state index contributed by atoms with van der Waals surface area (Å²) in [6.07, 6.45) is 8.13. The Kier molecular flexibility index (Phi) is 7.03. The summed E-state index contributed by atoms with van der Waals surface area (Å²) in [6, 6.07) is 8.51. The zero-order valence-corrected chi connectivity index (χ0v) is 19.5. The second kappa shape index (κ2) is 9.16. The van der Waals surface area contributed by atoms with E-state index in [0.717, 1.165) is 30.0 Å². The Balaban J connectivity index is 0.00000240. The lowest BCUT2D eigenvalue weighted by atomic mass is 9.98. The Morgan fingerprint density at radius 2 is 1.79 bits per heavy atom.